The van der Waals surface area contributed by atoms with Gasteiger partial charge < -0.3 is 4.90 Å². The Labute approximate surface area is 162 Å². The Morgan fingerprint density at radius 1 is 0.893 bits per heavy atom. The molecule has 3 aromatic heterocycles. The minimum absolute atomic E-state index is 0.561. The van der Waals surface area contributed by atoms with Crippen LogP contribution in [0.5, 0.6) is 0 Å². The summed E-state index contributed by atoms with van der Waals surface area (Å²) in [5.41, 5.74) is 5.98. The third kappa shape index (κ3) is 2.25. The number of pyridine rings is 2. The molecule has 5 heteroatoms. The van der Waals surface area contributed by atoms with Crippen LogP contribution >= 0.6 is 0 Å². The fourth-order valence-electron chi connectivity index (χ4n) is 4.02. The predicted octanol–water partition coefficient (Wildman–Crippen LogP) is 4.91. The second-order valence-corrected chi connectivity index (χ2v) is 6.85. The van der Waals surface area contributed by atoms with Gasteiger partial charge >= 0.3 is 0 Å². The highest BCUT2D eigenvalue weighted by atomic mass is 15.2. The zero-order valence-electron chi connectivity index (χ0n) is 15.8. The summed E-state index contributed by atoms with van der Waals surface area (Å²) < 4.78 is 2.06. The molecule has 28 heavy (non-hydrogen) atoms. The standard InChI is InChI=1S/C23H19N5/c1-3-27(4-2)20-11-7-10-19-21(20)28-22-16(13-17(14-24)23(28)26-19)12-15-8-5-6-9-18(15)25-22/h5-13H,3-4H2,1-2H3. The Morgan fingerprint density at radius 2 is 1.64 bits per heavy atom. The van der Waals surface area contributed by atoms with Crippen molar-refractivity contribution in [3.8, 4) is 6.07 Å². The molecule has 0 bridgehead atoms. The maximum absolute atomic E-state index is 9.77. The molecule has 0 unspecified atom stereocenters. The van der Waals surface area contributed by atoms with E-state index in [-0.39, 0.29) is 0 Å². The van der Waals surface area contributed by atoms with Crippen LogP contribution in [0.2, 0.25) is 0 Å². The van der Waals surface area contributed by atoms with Gasteiger partial charge in [0.2, 0.25) is 0 Å². The molecule has 5 aromatic rings. The Bertz CT molecular complexity index is 1400. The number of anilines is 1. The maximum atomic E-state index is 9.77. The van der Waals surface area contributed by atoms with Gasteiger partial charge in [0.25, 0.3) is 0 Å². The number of benzene rings is 2. The minimum atomic E-state index is 0.561. The predicted molar refractivity (Wildman–Crippen MR) is 114 cm³/mol. The fourth-order valence-corrected chi connectivity index (χ4v) is 4.02. The molecule has 0 saturated carbocycles. The number of para-hydroxylation sites is 2. The van der Waals surface area contributed by atoms with Crippen LogP contribution in [-0.4, -0.2) is 27.5 Å². The van der Waals surface area contributed by atoms with Gasteiger partial charge in [-0.2, -0.15) is 5.26 Å². The average Bonchev–Trinajstić information content (AvgIpc) is 3.13. The van der Waals surface area contributed by atoms with Crippen molar-refractivity contribution >= 4 is 44.3 Å². The number of hydrogen-bond acceptors (Lipinski definition) is 4. The Hall–Kier alpha value is -3.65. The molecule has 0 fully saturated rings. The first-order chi connectivity index (χ1) is 13.7. The summed E-state index contributed by atoms with van der Waals surface area (Å²) >= 11 is 0. The van der Waals surface area contributed by atoms with E-state index >= 15 is 0 Å². The van der Waals surface area contributed by atoms with E-state index in [0.29, 0.717) is 11.2 Å². The lowest BCUT2D eigenvalue weighted by molar-refractivity contribution is 0.868. The average molecular weight is 365 g/mol. The topological polar surface area (TPSA) is 57.2 Å². The Morgan fingerprint density at radius 3 is 2.43 bits per heavy atom. The number of aromatic nitrogens is 3. The van der Waals surface area contributed by atoms with E-state index < -0.39 is 0 Å². The number of imidazole rings is 1. The molecular weight excluding hydrogens is 346 g/mol. The summed E-state index contributed by atoms with van der Waals surface area (Å²) in [6.07, 6.45) is 0. The molecule has 0 N–H and O–H groups in total. The van der Waals surface area contributed by atoms with E-state index in [9.17, 15) is 5.26 Å². The van der Waals surface area contributed by atoms with Crippen molar-refractivity contribution in [3.63, 3.8) is 0 Å². The zero-order chi connectivity index (χ0) is 19.3. The molecular formula is C23H19N5. The smallest absolute Gasteiger partial charge is 0.157 e. The molecule has 3 heterocycles. The largest absolute Gasteiger partial charge is 0.370 e. The van der Waals surface area contributed by atoms with Gasteiger partial charge in [0, 0.05) is 23.9 Å². The maximum Gasteiger partial charge on any atom is 0.157 e. The lowest BCUT2D eigenvalue weighted by Gasteiger charge is -2.22. The van der Waals surface area contributed by atoms with Gasteiger partial charge in [0.15, 0.2) is 5.65 Å². The van der Waals surface area contributed by atoms with Gasteiger partial charge in [-0.25, -0.2) is 9.97 Å². The summed E-state index contributed by atoms with van der Waals surface area (Å²) in [7, 11) is 0. The molecule has 0 radical (unpaired) electrons. The van der Waals surface area contributed by atoms with E-state index in [2.05, 4.69) is 41.4 Å². The minimum Gasteiger partial charge on any atom is -0.370 e. The van der Waals surface area contributed by atoms with E-state index in [1.807, 2.05) is 42.5 Å². The van der Waals surface area contributed by atoms with Crippen molar-refractivity contribution < 1.29 is 0 Å². The van der Waals surface area contributed by atoms with Crippen molar-refractivity contribution in [2.45, 2.75) is 13.8 Å². The van der Waals surface area contributed by atoms with Crippen molar-refractivity contribution in [2.75, 3.05) is 18.0 Å². The molecule has 0 saturated heterocycles. The van der Waals surface area contributed by atoms with Gasteiger partial charge in [-0.15, -0.1) is 0 Å². The molecule has 136 valence electrons. The molecule has 0 atom stereocenters. The van der Waals surface area contributed by atoms with Gasteiger partial charge in [0.1, 0.15) is 11.7 Å². The summed E-state index contributed by atoms with van der Waals surface area (Å²) in [4.78, 5) is 12.1. The third-order valence-electron chi connectivity index (χ3n) is 5.36. The van der Waals surface area contributed by atoms with Crippen LogP contribution in [0.4, 0.5) is 5.69 Å². The van der Waals surface area contributed by atoms with Crippen LogP contribution in [0.25, 0.3) is 38.6 Å². The van der Waals surface area contributed by atoms with Gasteiger partial charge in [-0.1, -0.05) is 24.3 Å². The van der Waals surface area contributed by atoms with Crippen LogP contribution in [0, 0.1) is 11.3 Å². The van der Waals surface area contributed by atoms with Crippen molar-refractivity contribution in [2.24, 2.45) is 0 Å². The van der Waals surface area contributed by atoms with Gasteiger partial charge in [0.05, 0.1) is 27.8 Å². The molecule has 5 rings (SSSR count). The molecule has 0 aliphatic carbocycles. The normalized spacial score (nSPS) is 11.5. The zero-order valence-corrected chi connectivity index (χ0v) is 15.8. The van der Waals surface area contributed by atoms with Crippen LogP contribution < -0.4 is 4.90 Å². The molecule has 2 aromatic carbocycles. The SMILES string of the molecule is CCN(CC)c1cccc2nc3c(C#N)cc4cc5ccccc5nc4n3c12. The fraction of sp³-hybridized carbons (Fsp3) is 0.174. The summed E-state index contributed by atoms with van der Waals surface area (Å²) in [6, 6.07) is 20.5. The molecule has 0 amide bonds. The third-order valence-corrected chi connectivity index (χ3v) is 5.36. The highest BCUT2D eigenvalue weighted by molar-refractivity contribution is 6.00. The first-order valence-electron chi connectivity index (χ1n) is 9.54. The van der Waals surface area contributed by atoms with Crippen LogP contribution in [0.15, 0.2) is 54.6 Å². The molecule has 0 aliphatic rings. The van der Waals surface area contributed by atoms with Crippen LogP contribution in [0.3, 0.4) is 0 Å². The monoisotopic (exact) mass is 365 g/mol. The first-order valence-corrected chi connectivity index (χ1v) is 9.54. The van der Waals surface area contributed by atoms with E-state index in [1.54, 1.807) is 0 Å². The second-order valence-electron chi connectivity index (χ2n) is 6.85. The summed E-state index contributed by atoms with van der Waals surface area (Å²) in [6.45, 7) is 6.09. The summed E-state index contributed by atoms with van der Waals surface area (Å²) in [5, 5.41) is 11.8. The first kappa shape index (κ1) is 16.5. The quantitative estimate of drug-likeness (QED) is 0.426. The van der Waals surface area contributed by atoms with E-state index in [0.717, 1.165) is 51.7 Å². The Kier molecular flexibility index (Phi) is 3.66. The van der Waals surface area contributed by atoms with Crippen molar-refractivity contribution in [3.05, 3.63) is 60.2 Å². The van der Waals surface area contributed by atoms with Crippen LogP contribution in [0.1, 0.15) is 19.4 Å². The number of nitriles is 1. The van der Waals surface area contributed by atoms with Crippen molar-refractivity contribution in [1.82, 2.24) is 14.4 Å². The highest BCUT2D eigenvalue weighted by Crippen LogP contribution is 2.32. The number of nitrogens with zero attached hydrogens (tertiary/aromatic N) is 5. The summed E-state index contributed by atoms with van der Waals surface area (Å²) in [5.74, 6) is 0. The lowest BCUT2D eigenvalue weighted by atomic mass is 10.1. The van der Waals surface area contributed by atoms with Crippen LogP contribution in [-0.2, 0) is 0 Å². The highest BCUT2D eigenvalue weighted by Gasteiger charge is 2.18. The molecule has 0 spiro atoms. The Balaban J connectivity index is 2.04. The second kappa shape index (κ2) is 6.21. The van der Waals surface area contributed by atoms with Gasteiger partial charge in [-0.3, -0.25) is 4.40 Å². The van der Waals surface area contributed by atoms with Gasteiger partial charge in [-0.05, 0) is 44.2 Å². The lowest BCUT2D eigenvalue weighted by Crippen LogP contribution is -2.22. The number of fused-ring (bicyclic) bond motifs is 6. The molecule has 5 nitrogen and oxygen atoms in total. The number of rotatable bonds is 3. The van der Waals surface area contributed by atoms with Crippen molar-refractivity contribution in [1.29, 1.82) is 5.26 Å². The number of hydrogen-bond donors (Lipinski definition) is 0. The molecule has 0 aliphatic heterocycles. The van der Waals surface area contributed by atoms with E-state index in [1.165, 1.54) is 0 Å². The van der Waals surface area contributed by atoms with E-state index in [4.69, 9.17) is 9.97 Å².